The summed E-state index contributed by atoms with van der Waals surface area (Å²) in [7, 11) is 0. The van der Waals surface area contributed by atoms with Gasteiger partial charge >= 0.3 is 12.1 Å². The Morgan fingerprint density at radius 3 is 2.10 bits per heavy atom. The summed E-state index contributed by atoms with van der Waals surface area (Å²) in [5.41, 5.74) is 2.54. The minimum absolute atomic E-state index is 0.0408. The number of rotatable bonds is 9. The highest BCUT2D eigenvalue weighted by atomic mass is 19.4. The fourth-order valence-corrected chi connectivity index (χ4v) is 3.99. The van der Waals surface area contributed by atoms with Crippen LogP contribution in [0.15, 0.2) is 78.9 Å². The van der Waals surface area contributed by atoms with Gasteiger partial charge in [-0.25, -0.2) is 0 Å². The average Bonchev–Trinajstić information content (AvgIpc) is 2.85. The van der Waals surface area contributed by atoms with E-state index in [-0.39, 0.29) is 17.9 Å². The highest BCUT2D eigenvalue weighted by molar-refractivity contribution is 5.67. The Bertz CT molecular complexity index is 1490. The van der Waals surface area contributed by atoms with Crippen LogP contribution in [-0.2, 0) is 17.4 Å². The molecule has 0 aliphatic heterocycles. The molecule has 0 aliphatic rings. The van der Waals surface area contributed by atoms with E-state index < -0.39 is 17.7 Å². The lowest BCUT2D eigenvalue weighted by molar-refractivity contribution is -0.138. The molecule has 0 aromatic heterocycles. The van der Waals surface area contributed by atoms with Crippen LogP contribution >= 0.6 is 0 Å². The van der Waals surface area contributed by atoms with Crippen LogP contribution in [0.25, 0.3) is 0 Å². The number of hydrogen-bond donors (Lipinski definition) is 1. The Balaban J connectivity index is 1.60. The monoisotopic (exact) mass is 536 g/mol. The van der Waals surface area contributed by atoms with Crippen LogP contribution in [0.4, 0.5) is 13.2 Å². The number of aliphatic carboxylic acids is 1. The molecule has 0 saturated heterocycles. The van der Waals surface area contributed by atoms with E-state index in [9.17, 15) is 18.0 Å². The van der Waals surface area contributed by atoms with Gasteiger partial charge in [-0.2, -0.15) is 13.2 Å². The van der Waals surface area contributed by atoms with E-state index in [1.807, 2.05) is 32.0 Å². The number of hydrogen-bond acceptors (Lipinski definition) is 4. The molecule has 0 heterocycles. The van der Waals surface area contributed by atoms with Crippen molar-refractivity contribution in [2.75, 3.05) is 0 Å². The first-order chi connectivity index (χ1) is 18.5. The van der Waals surface area contributed by atoms with Crippen molar-refractivity contribution in [1.29, 1.82) is 0 Å². The summed E-state index contributed by atoms with van der Waals surface area (Å²) in [6.07, 6.45) is -4.09. The van der Waals surface area contributed by atoms with Gasteiger partial charge in [0.15, 0.2) is 11.5 Å². The van der Waals surface area contributed by atoms with Crippen molar-refractivity contribution in [3.8, 4) is 34.5 Å². The number of carboxylic acid groups (broad SMARTS) is 1. The van der Waals surface area contributed by atoms with E-state index in [4.69, 9.17) is 19.3 Å². The third kappa shape index (κ3) is 7.31. The molecule has 0 saturated carbocycles. The molecule has 0 fully saturated rings. The quantitative estimate of drug-likeness (QED) is 0.231. The van der Waals surface area contributed by atoms with Crippen molar-refractivity contribution in [1.82, 2.24) is 0 Å². The largest absolute Gasteiger partial charge is 0.481 e. The van der Waals surface area contributed by atoms with Crippen LogP contribution in [-0.4, -0.2) is 11.1 Å². The van der Waals surface area contributed by atoms with E-state index >= 15 is 0 Å². The first-order valence-corrected chi connectivity index (χ1v) is 12.2. The summed E-state index contributed by atoms with van der Waals surface area (Å²) in [5.74, 6) is 0.975. The van der Waals surface area contributed by atoms with Gasteiger partial charge < -0.3 is 19.3 Å². The van der Waals surface area contributed by atoms with Gasteiger partial charge in [-0.1, -0.05) is 24.3 Å². The zero-order valence-corrected chi connectivity index (χ0v) is 21.6. The second kappa shape index (κ2) is 11.5. The fraction of sp³-hybridized carbons (Fsp3) is 0.194. The number of carboxylic acids is 1. The second-order valence-electron chi connectivity index (χ2n) is 9.19. The Hall–Kier alpha value is -4.46. The van der Waals surface area contributed by atoms with Gasteiger partial charge in [-0.15, -0.1) is 0 Å². The number of halogens is 3. The third-order valence-corrected chi connectivity index (χ3v) is 5.99. The van der Waals surface area contributed by atoms with E-state index in [1.54, 1.807) is 49.4 Å². The van der Waals surface area contributed by atoms with Gasteiger partial charge in [-0.3, -0.25) is 4.79 Å². The molecule has 0 atom stereocenters. The summed E-state index contributed by atoms with van der Waals surface area (Å²) in [6.45, 7) is 5.53. The van der Waals surface area contributed by atoms with Crippen molar-refractivity contribution >= 4 is 5.97 Å². The van der Waals surface area contributed by atoms with Crippen LogP contribution in [0.1, 0.15) is 34.2 Å². The Morgan fingerprint density at radius 1 is 0.718 bits per heavy atom. The van der Waals surface area contributed by atoms with Gasteiger partial charge in [0.05, 0.1) is 5.56 Å². The van der Waals surface area contributed by atoms with Crippen molar-refractivity contribution < 1.29 is 37.3 Å². The van der Waals surface area contributed by atoms with E-state index in [0.29, 0.717) is 29.4 Å². The maximum Gasteiger partial charge on any atom is 0.416 e. The predicted molar refractivity (Wildman–Crippen MR) is 141 cm³/mol. The molecular formula is C31H27F3O5. The third-order valence-electron chi connectivity index (χ3n) is 5.99. The average molecular weight is 537 g/mol. The number of alkyl halides is 3. The lowest BCUT2D eigenvalue weighted by atomic mass is 10.0. The molecule has 0 radical (unpaired) electrons. The molecule has 0 spiro atoms. The van der Waals surface area contributed by atoms with Crippen LogP contribution < -0.4 is 14.2 Å². The van der Waals surface area contributed by atoms with E-state index in [2.05, 4.69) is 0 Å². The lowest BCUT2D eigenvalue weighted by Gasteiger charge is -2.17. The van der Waals surface area contributed by atoms with Crippen LogP contribution in [0.2, 0.25) is 0 Å². The zero-order valence-electron chi connectivity index (χ0n) is 21.6. The summed E-state index contributed by atoms with van der Waals surface area (Å²) in [5, 5.41) is 8.93. The van der Waals surface area contributed by atoms with Crippen LogP contribution in [0, 0.1) is 20.8 Å². The molecule has 202 valence electrons. The van der Waals surface area contributed by atoms with Crippen molar-refractivity contribution in [2.45, 2.75) is 39.8 Å². The minimum atomic E-state index is -4.55. The molecule has 39 heavy (non-hydrogen) atoms. The number of para-hydroxylation sites is 1. The van der Waals surface area contributed by atoms with E-state index in [1.165, 1.54) is 6.07 Å². The fourth-order valence-electron chi connectivity index (χ4n) is 3.99. The number of carbonyl (C=O) groups is 1. The summed E-state index contributed by atoms with van der Waals surface area (Å²) in [4.78, 5) is 10.9. The molecule has 0 amide bonds. The van der Waals surface area contributed by atoms with Crippen molar-refractivity contribution in [2.24, 2.45) is 0 Å². The molecule has 5 nitrogen and oxygen atoms in total. The second-order valence-corrected chi connectivity index (χ2v) is 9.19. The molecule has 0 bridgehead atoms. The number of benzene rings is 4. The van der Waals surface area contributed by atoms with Gasteiger partial charge in [-0.05, 0) is 98.0 Å². The maximum atomic E-state index is 13.5. The highest BCUT2D eigenvalue weighted by Gasteiger charge is 2.32. The van der Waals surface area contributed by atoms with Gasteiger partial charge in [0.25, 0.3) is 0 Å². The highest BCUT2D eigenvalue weighted by Crippen LogP contribution is 2.41. The molecule has 4 aromatic carbocycles. The first kappa shape index (κ1) is 27.6. The molecule has 1 N–H and O–H groups in total. The Labute approximate surface area is 224 Å². The topological polar surface area (TPSA) is 65.0 Å². The van der Waals surface area contributed by atoms with Crippen LogP contribution in [0.5, 0.6) is 34.5 Å². The standard InChI is InChI=1S/C31H27F3O5/c1-19-14-25(37-24-11-8-22(21(3)16-24)9-13-30(35)36)18-26(15-19)38-28-12-10-23(31(32,33)34)17-29(28)39-27-7-5-4-6-20(27)2/h4-8,10-12,14-18H,9,13H2,1-3H3,(H,35,36). The lowest BCUT2D eigenvalue weighted by Crippen LogP contribution is -2.05. The minimum Gasteiger partial charge on any atom is -0.481 e. The number of ether oxygens (including phenoxy) is 3. The molecular weight excluding hydrogens is 509 g/mol. The molecule has 4 rings (SSSR count). The van der Waals surface area contributed by atoms with Crippen molar-refractivity contribution in [3.05, 3.63) is 107 Å². The number of aryl methyl sites for hydroxylation is 4. The SMILES string of the molecule is Cc1cc(Oc2ccc(CCC(=O)O)c(C)c2)cc(Oc2ccc(C(F)(F)F)cc2Oc2ccccc2C)c1. The summed E-state index contributed by atoms with van der Waals surface area (Å²) >= 11 is 0. The predicted octanol–water partition coefficient (Wildman–Crippen LogP) is 9.02. The summed E-state index contributed by atoms with van der Waals surface area (Å²) < 4.78 is 58.3. The van der Waals surface area contributed by atoms with Gasteiger partial charge in [0.2, 0.25) is 0 Å². The normalized spacial score (nSPS) is 11.2. The Morgan fingerprint density at radius 2 is 1.44 bits per heavy atom. The molecule has 8 heteroatoms. The van der Waals surface area contributed by atoms with Crippen LogP contribution in [0.3, 0.4) is 0 Å². The molecule has 0 aliphatic carbocycles. The zero-order chi connectivity index (χ0) is 28.2. The molecule has 0 unspecified atom stereocenters. The first-order valence-electron chi connectivity index (χ1n) is 12.2. The van der Waals surface area contributed by atoms with Gasteiger partial charge in [0.1, 0.15) is 23.0 Å². The van der Waals surface area contributed by atoms with Gasteiger partial charge in [0, 0.05) is 12.5 Å². The Kier molecular flexibility index (Phi) is 8.14. The summed E-state index contributed by atoms with van der Waals surface area (Å²) in [6, 6.07) is 20.7. The smallest absolute Gasteiger partial charge is 0.416 e. The maximum absolute atomic E-state index is 13.5. The van der Waals surface area contributed by atoms with E-state index in [0.717, 1.165) is 34.4 Å². The molecule has 4 aromatic rings. The van der Waals surface area contributed by atoms with Crippen molar-refractivity contribution in [3.63, 3.8) is 0 Å².